The Morgan fingerprint density at radius 2 is 1.80 bits per heavy atom. The topological polar surface area (TPSA) is 15.3 Å². The molecule has 1 saturated heterocycles. The number of nitrogens with one attached hydrogen (secondary N) is 1. The molecule has 0 spiro atoms. The van der Waals surface area contributed by atoms with Crippen LogP contribution in [-0.2, 0) is 13.0 Å². The summed E-state index contributed by atoms with van der Waals surface area (Å²) >= 11 is 0. The minimum Gasteiger partial charge on any atom is -0.312 e. The summed E-state index contributed by atoms with van der Waals surface area (Å²) in [5.74, 6) is 0. The van der Waals surface area contributed by atoms with Gasteiger partial charge in [0.1, 0.15) is 0 Å². The van der Waals surface area contributed by atoms with Crippen molar-refractivity contribution in [1.29, 1.82) is 0 Å². The lowest BCUT2D eigenvalue weighted by Gasteiger charge is -2.33. The first-order valence-electron chi connectivity index (χ1n) is 8.02. The summed E-state index contributed by atoms with van der Waals surface area (Å²) in [6, 6.07) is 9.71. The molecule has 1 N–H and O–H groups in total. The number of benzene rings is 1. The lowest BCUT2D eigenvalue weighted by molar-refractivity contribution is 0.192. The van der Waals surface area contributed by atoms with Gasteiger partial charge in [-0.15, -0.1) is 0 Å². The van der Waals surface area contributed by atoms with E-state index in [4.69, 9.17) is 0 Å². The maximum Gasteiger partial charge on any atom is 0.0243 e. The molecule has 0 radical (unpaired) electrons. The molecule has 0 amide bonds. The molecule has 2 rings (SSSR count). The number of nitrogens with zero attached hydrogens (tertiary/aromatic N) is 1. The van der Waals surface area contributed by atoms with E-state index in [1.807, 2.05) is 0 Å². The highest BCUT2D eigenvalue weighted by Gasteiger charge is 2.27. The van der Waals surface area contributed by atoms with Gasteiger partial charge in [-0.1, -0.05) is 52.0 Å². The van der Waals surface area contributed by atoms with Gasteiger partial charge in [-0.2, -0.15) is 0 Å². The molecule has 1 fully saturated rings. The van der Waals surface area contributed by atoms with Crippen LogP contribution in [0.25, 0.3) is 0 Å². The van der Waals surface area contributed by atoms with Gasteiger partial charge >= 0.3 is 0 Å². The van der Waals surface area contributed by atoms with Gasteiger partial charge in [0, 0.05) is 19.1 Å². The average molecular weight is 274 g/mol. The van der Waals surface area contributed by atoms with Crippen molar-refractivity contribution >= 4 is 0 Å². The molecule has 0 aliphatic carbocycles. The van der Waals surface area contributed by atoms with Crippen LogP contribution in [0, 0.1) is 5.41 Å². The average Bonchev–Trinajstić information content (AvgIpc) is 2.65. The number of rotatable bonds is 3. The molecule has 1 aliphatic rings. The second kappa shape index (κ2) is 6.73. The van der Waals surface area contributed by atoms with Crippen LogP contribution >= 0.6 is 0 Å². The van der Waals surface area contributed by atoms with Crippen molar-refractivity contribution in [3.8, 4) is 0 Å². The van der Waals surface area contributed by atoms with E-state index in [1.165, 1.54) is 24.1 Å². The number of hydrogen-bond acceptors (Lipinski definition) is 2. The van der Waals surface area contributed by atoms with Gasteiger partial charge in [0.05, 0.1) is 0 Å². The molecule has 1 heterocycles. The zero-order valence-corrected chi connectivity index (χ0v) is 13.6. The third kappa shape index (κ3) is 4.32. The van der Waals surface area contributed by atoms with Gasteiger partial charge in [0.15, 0.2) is 0 Å². The molecule has 1 atom stereocenters. The van der Waals surface area contributed by atoms with Crippen molar-refractivity contribution in [3.05, 3.63) is 35.4 Å². The van der Waals surface area contributed by atoms with Gasteiger partial charge in [-0.3, -0.25) is 4.90 Å². The Balaban J connectivity index is 1.99. The molecule has 2 nitrogen and oxygen atoms in total. The number of hydrogen-bond donors (Lipinski definition) is 1. The van der Waals surface area contributed by atoms with E-state index in [0.29, 0.717) is 11.5 Å². The second-order valence-electron chi connectivity index (χ2n) is 7.13. The maximum absolute atomic E-state index is 3.71. The van der Waals surface area contributed by atoms with Gasteiger partial charge in [0.25, 0.3) is 0 Å². The van der Waals surface area contributed by atoms with Crippen LogP contribution in [0.5, 0.6) is 0 Å². The van der Waals surface area contributed by atoms with Gasteiger partial charge in [0.2, 0.25) is 0 Å². The lowest BCUT2D eigenvalue weighted by atomic mass is 9.86. The zero-order chi connectivity index (χ0) is 14.6. The summed E-state index contributed by atoms with van der Waals surface area (Å²) in [4.78, 5) is 2.61. The summed E-state index contributed by atoms with van der Waals surface area (Å²) in [5.41, 5.74) is 3.20. The third-order valence-corrected chi connectivity index (χ3v) is 4.37. The van der Waals surface area contributed by atoms with Crippen molar-refractivity contribution in [2.75, 3.05) is 19.6 Å². The minimum atomic E-state index is 0.328. The van der Waals surface area contributed by atoms with Crippen LogP contribution in [0.1, 0.15) is 45.2 Å². The molecular formula is C18H30N2. The fourth-order valence-electron chi connectivity index (χ4n) is 2.86. The van der Waals surface area contributed by atoms with E-state index in [1.54, 1.807) is 0 Å². The Morgan fingerprint density at radius 1 is 1.15 bits per heavy atom. The standard InChI is InChI=1S/C18H30N2/c1-5-15-7-9-16(10-8-15)13-20-12-6-11-19-17(14-20)18(2,3)4/h7-10,17,19H,5-6,11-14H2,1-4H3. The first-order valence-corrected chi connectivity index (χ1v) is 8.02. The molecule has 1 unspecified atom stereocenters. The normalized spacial score (nSPS) is 21.7. The van der Waals surface area contributed by atoms with E-state index >= 15 is 0 Å². The van der Waals surface area contributed by atoms with Crippen molar-refractivity contribution in [1.82, 2.24) is 10.2 Å². The quantitative estimate of drug-likeness (QED) is 0.908. The molecule has 20 heavy (non-hydrogen) atoms. The van der Waals surface area contributed by atoms with Crippen molar-refractivity contribution in [3.63, 3.8) is 0 Å². The van der Waals surface area contributed by atoms with Crippen LogP contribution in [-0.4, -0.2) is 30.6 Å². The van der Waals surface area contributed by atoms with Crippen LogP contribution in [0.4, 0.5) is 0 Å². The van der Waals surface area contributed by atoms with E-state index in [9.17, 15) is 0 Å². The third-order valence-electron chi connectivity index (χ3n) is 4.37. The van der Waals surface area contributed by atoms with Crippen molar-refractivity contribution in [2.24, 2.45) is 5.41 Å². The van der Waals surface area contributed by atoms with Gasteiger partial charge in [-0.25, -0.2) is 0 Å². The van der Waals surface area contributed by atoms with Gasteiger partial charge in [-0.05, 0) is 42.5 Å². The Labute approximate surface area is 124 Å². The Bertz CT molecular complexity index is 402. The van der Waals surface area contributed by atoms with E-state index in [0.717, 1.165) is 26.1 Å². The van der Waals surface area contributed by atoms with Crippen molar-refractivity contribution in [2.45, 2.75) is 53.1 Å². The summed E-state index contributed by atoms with van der Waals surface area (Å²) in [5, 5.41) is 3.71. The van der Waals surface area contributed by atoms with Crippen LogP contribution in [0.3, 0.4) is 0 Å². The highest BCUT2D eigenvalue weighted by Crippen LogP contribution is 2.22. The highest BCUT2D eigenvalue weighted by atomic mass is 15.2. The fraction of sp³-hybridized carbons (Fsp3) is 0.667. The zero-order valence-electron chi connectivity index (χ0n) is 13.6. The first-order chi connectivity index (χ1) is 9.49. The number of aryl methyl sites for hydroxylation is 1. The smallest absolute Gasteiger partial charge is 0.0243 e. The van der Waals surface area contributed by atoms with Crippen molar-refractivity contribution < 1.29 is 0 Å². The largest absolute Gasteiger partial charge is 0.312 e. The summed E-state index contributed by atoms with van der Waals surface area (Å²) in [6.07, 6.45) is 2.37. The molecule has 112 valence electrons. The van der Waals surface area contributed by atoms with Crippen LogP contribution in [0.15, 0.2) is 24.3 Å². The van der Waals surface area contributed by atoms with Gasteiger partial charge < -0.3 is 5.32 Å². The molecule has 1 aromatic carbocycles. The molecule has 1 aliphatic heterocycles. The fourth-order valence-corrected chi connectivity index (χ4v) is 2.86. The van der Waals surface area contributed by atoms with E-state index < -0.39 is 0 Å². The first kappa shape index (κ1) is 15.5. The van der Waals surface area contributed by atoms with E-state index in [2.05, 4.69) is 62.2 Å². The maximum atomic E-state index is 3.71. The lowest BCUT2D eigenvalue weighted by Crippen LogP contribution is -2.46. The molecule has 0 bridgehead atoms. The minimum absolute atomic E-state index is 0.328. The van der Waals surface area contributed by atoms with Crippen LogP contribution in [0.2, 0.25) is 0 Å². The highest BCUT2D eigenvalue weighted by molar-refractivity contribution is 5.22. The molecule has 2 heteroatoms. The summed E-state index contributed by atoms with van der Waals surface area (Å²) in [6.45, 7) is 13.8. The predicted molar refractivity (Wildman–Crippen MR) is 87.0 cm³/mol. The molecule has 1 aromatic rings. The van der Waals surface area contributed by atoms with Crippen LogP contribution < -0.4 is 5.32 Å². The van der Waals surface area contributed by atoms with E-state index in [-0.39, 0.29) is 0 Å². The molecule has 0 saturated carbocycles. The summed E-state index contributed by atoms with van der Waals surface area (Å²) in [7, 11) is 0. The summed E-state index contributed by atoms with van der Waals surface area (Å²) < 4.78 is 0. The monoisotopic (exact) mass is 274 g/mol. The molecule has 0 aromatic heterocycles. The predicted octanol–water partition coefficient (Wildman–Crippen LogP) is 3.46. The second-order valence-corrected chi connectivity index (χ2v) is 7.13. The Morgan fingerprint density at radius 3 is 2.40 bits per heavy atom. The Kier molecular flexibility index (Phi) is 5.22. The molecular weight excluding hydrogens is 244 g/mol. The Hall–Kier alpha value is -0.860. The SMILES string of the molecule is CCc1ccc(CN2CCCNC(C(C)(C)C)C2)cc1.